The molecule has 6 heteroatoms. The van der Waals surface area contributed by atoms with Crippen molar-refractivity contribution in [3.8, 4) is 0 Å². The summed E-state index contributed by atoms with van der Waals surface area (Å²) < 4.78 is 5.34. The lowest BCUT2D eigenvalue weighted by Gasteiger charge is -2.41. The van der Waals surface area contributed by atoms with Crippen LogP contribution in [0.1, 0.15) is 40.5 Å². The number of carbonyl (C=O) groups excluding carboxylic acids is 1. The van der Waals surface area contributed by atoms with Crippen LogP contribution >= 0.6 is 0 Å². The van der Waals surface area contributed by atoms with Gasteiger partial charge in [-0.1, -0.05) is 0 Å². The van der Waals surface area contributed by atoms with Crippen LogP contribution in [0.15, 0.2) is 18.3 Å². The monoisotopic (exact) mass is 306 g/mol. The Bertz CT molecular complexity index is 531. The number of rotatable bonds is 2. The van der Waals surface area contributed by atoms with E-state index in [-0.39, 0.29) is 11.6 Å². The summed E-state index contributed by atoms with van der Waals surface area (Å²) in [5.41, 5.74) is 6.15. The van der Waals surface area contributed by atoms with Gasteiger partial charge in [-0.2, -0.15) is 0 Å². The van der Waals surface area contributed by atoms with Crippen molar-refractivity contribution in [2.75, 3.05) is 23.7 Å². The highest BCUT2D eigenvalue weighted by Gasteiger charge is 2.33. The molecule has 6 nitrogen and oxygen atoms in total. The standard InChI is InChI=1S/C16H26N4O2/c1-15(2,3)22-14(21)19-16(4)7-10-20(11-8-16)12-6-5-9-18-13(12)17/h5-6,9H,7-8,10-11H2,1-4H3,(H2,17,18)(H,19,21). The first kappa shape index (κ1) is 16.4. The van der Waals surface area contributed by atoms with Gasteiger partial charge >= 0.3 is 6.09 Å². The Morgan fingerprint density at radius 1 is 1.41 bits per heavy atom. The number of nitrogen functional groups attached to an aromatic ring is 1. The van der Waals surface area contributed by atoms with E-state index in [0.29, 0.717) is 5.82 Å². The van der Waals surface area contributed by atoms with Crippen molar-refractivity contribution < 1.29 is 9.53 Å². The lowest BCUT2D eigenvalue weighted by atomic mass is 9.89. The highest BCUT2D eigenvalue weighted by Crippen LogP contribution is 2.28. The maximum absolute atomic E-state index is 12.0. The van der Waals surface area contributed by atoms with Crippen LogP contribution < -0.4 is 16.0 Å². The molecule has 122 valence electrons. The van der Waals surface area contributed by atoms with Gasteiger partial charge in [-0.05, 0) is 52.7 Å². The van der Waals surface area contributed by atoms with Gasteiger partial charge in [0.2, 0.25) is 0 Å². The van der Waals surface area contributed by atoms with Crippen LogP contribution in [-0.4, -0.2) is 35.3 Å². The minimum Gasteiger partial charge on any atom is -0.444 e. The molecule has 0 aromatic carbocycles. The number of nitrogens with one attached hydrogen (secondary N) is 1. The third-order valence-electron chi connectivity index (χ3n) is 3.83. The van der Waals surface area contributed by atoms with Gasteiger partial charge < -0.3 is 20.7 Å². The Balaban J connectivity index is 1.93. The average molecular weight is 306 g/mol. The normalized spacial score (nSPS) is 17.9. The molecule has 0 unspecified atom stereocenters. The number of nitrogens with zero attached hydrogens (tertiary/aromatic N) is 2. The van der Waals surface area contributed by atoms with Crippen LogP contribution in [0.5, 0.6) is 0 Å². The summed E-state index contributed by atoms with van der Waals surface area (Å²) in [6.07, 6.45) is 3.00. The van der Waals surface area contributed by atoms with Gasteiger partial charge in [-0.15, -0.1) is 0 Å². The van der Waals surface area contributed by atoms with Crippen molar-refractivity contribution in [1.29, 1.82) is 0 Å². The molecule has 1 amide bonds. The summed E-state index contributed by atoms with van der Waals surface area (Å²) in [6.45, 7) is 9.29. The van der Waals surface area contributed by atoms with Gasteiger partial charge in [-0.25, -0.2) is 9.78 Å². The van der Waals surface area contributed by atoms with Gasteiger partial charge in [0, 0.05) is 24.8 Å². The molecule has 1 aromatic rings. The molecule has 0 atom stereocenters. The first-order valence-corrected chi connectivity index (χ1v) is 7.65. The summed E-state index contributed by atoms with van der Waals surface area (Å²) in [4.78, 5) is 18.3. The van der Waals surface area contributed by atoms with E-state index in [1.54, 1.807) is 6.20 Å². The number of amides is 1. The summed E-state index contributed by atoms with van der Waals surface area (Å²) in [5.74, 6) is 0.547. The average Bonchev–Trinajstić information content (AvgIpc) is 2.38. The zero-order valence-corrected chi connectivity index (χ0v) is 13.8. The van der Waals surface area contributed by atoms with Gasteiger partial charge in [0.1, 0.15) is 11.4 Å². The molecule has 3 N–H and O–H groups in total. The SMILES string of the molecule is CC1(NC(=O)OC(C)(C)C)CCN(c2cccnc2N)CC1. The van der Waals surface area contributed by atoms with Gasteiger partial charge in [0.05, 0.1) is 5.69 Å². The maximum atomic E-state index is 12.0. The third-order valence-corrected chi connectivity index (χ3v) is 3.83. The summed E-state index contributed by atoms with van der Waals surface area (Å²) in [6, 6.07) is 3.87. The van der Waals surface area contributed by atoms with E-state index in [0.717, 1.165) is 31.6 Å². The second kappa shape index (κ2) is 6.02. The number of nitrogens with two attached hydrogens (primary N) is 1. The number of ether oxygens (including phenoxy) is 1. The van der Waals surface area contributed by atoms with E-state index in [2.05, 4.69) is 22.1 Å². The Morgan fingerprint density at radius 3 is 2.59 bits per heavy atom. The van der Waals surface area contributed by atoms with Crippen LogP contribution in [0.4, 0.5) is 16.3 Å². The highest BCUT2D eigenvalue weighted by atomic mass is 16.6. The molecule has 1 fully saturated rings. The molecule has 0 saturated carbocycles. The number of aromatic nitrogens is 1. The zero-order valence-electron chi connectivity index (χ0n) is 13.8. The fourth-order valence-electron chi connectivity index (χ4n) is 2.59. The Morgan fingerprint density at radius 2 is 2.05 bits per heavy atom. The molecule has 1 aromatic heterocycles. The molecule has 0 bridgehead atoms. The number of hydrogen-bond donors (Lipinski definition) is 2. The van der Waals surface area contributed by atoms with Crippen LogP contribution in [0, 0.1) is 0 Å². The van der Waals surface area contributed by atoms with Gasteiger partial charge in [0.15, 0.2) is 0 Å². The number of piperidine rings is 1. The van der Waals surface area contributed by atoms with Crippen molar-refractivity contribution in [2.24, 2.45) is 0 Å². The Labute approximate surface area is 132 Å². The predicted octanol–water partition coefficient (Wildman–Crippen LogP) is 2.55. The summed E-state index contributed by atoms with van der Waals surface area (Å²) in [5, 5.41) is 3.00. The Hall–Kier alpha value is -1.98. The van der Waals surface area contributed by atoms with E-state index in [4.69, 9.17) is 10.5 Å². The van der Waals surface area contributed by atoms with E-state index in [1.165, 1.54) is 0 Å². The van der Waals surface area contributed by atoms with Gasteiger partial charge in [-0.3, -0.25) is 0 Å². The van der Waals surface area contributed by atoms with Crippen molar-refractivity contribution in [3.63, 3.8) is 0 Å². The molecule has 2 rings (SSSR count). The molecule has 0 aliphatic carbocycles. The number of pyridine rings is 1. The lowest BCUT2D eigenvalue weighted by Crippen LogP contribution is -2.54. The first-order chi connectivity index (χ1) is 10.2. The molecule has 1 saturated heterocycles. The number of alkyl carbamates (subject to hydrolysis) is 1. The molecular formula is C16H26N4O2. The molecule has 2 heterocycles. The second-order valence-electron chi connectivity index (χ2n) is 7.08. The van der Waals surface area contributed by atoms with Crippen LogP contribution in [0.25, 0.3) is 0 Å². The van der Waals surface area contributed by atoms with E-state index >= 15 is 0 Å². The quantitative estimate of drug-likeness (QED) is 0.877. The highest BCUT2D eigenvalue weighted by molar-refractivity contribution is 5.69. The fourth-order valence-corrected chi connectivity index (χ4v) is 2.59. The Kier molecular flexibility index (Phi) is 4.49. The van der Waals surface area contributed by atoms with Crippen molar-refractivity contribution in [3.05, 3.63) is 18.3 Å². The fraction of sp³-hybridized carbons (Fsp3) is 0.625. The molecule has 0 spiro atoms. The summed E-state index contributed by atoms with van der Waals surface area (Å²) >= 11 is 0. The third kappa shape index (κ3) is 4.26. The van der Waals surface area contributed by atoms with Crippen LogP contribution in [-0.2, 0) is 4.74 Å². The molecule has 1 aliphatic rings. The molecule has 0 radical (unpaired) electrons. The number of hydrogen-bond acceptors (Lipinski definition) is 5. The van der Waals surface area contributed by atoms with E-state index in [1.807, 2.05) is 32.9 Å². The minimum atomic E-state index is -0.481. The topological polar surface area (TPSA) is 80.5 Å². The van der Waals surface area contributed by atoms with E-state index < -0.39 is 5.60 Å². The van der Waals surface area contributed by atoms with Crippen LogP contribution in [0.3, 0.4) is 0 Å². The van der Waals surface area contributed by atoms with Crippen molar-refractivity contribution in [1.82, 2.24) is 10.3 Å². The first-order valence-electron chi connectivity index (χ1n) is 7.65. The minimum absolute atomic E-state index is 0.254. The van der Waals surface area contributed by atoms with Crippen molar-refractivity contribution >= 4 is 17.6 Å². The lowest BCUT2D eigenvalue weighted by molar-refractivity contribution is 0.0448. The zero-order chi connectivity index (χ0) is 16.4. The van der Waals surface area contributed by atoms with Crippen LogP contribution in [0.2, 0.25) is 0 Å². The maximum Gasteiger partial charge on any atom is 0.408 e. The van der Waals surface area contributed by atoms with E-state index in [9.17, 15) is 4.79 Å². The number of carbonyl (C=O) groups is 1. The predicted molar refractivity (Wildman–Crippen MR) is 87.9 cm³/mol. The van der Waals surface area contributed by atoms with Gasteiger partial charge in [0.25, 0.3) is 0 Å². The second-order valence-corrected chi connectivity index (χ2v) is 7.08. The summed E-state index contributed by atoms with van der Waals surface area (Å²) in [7, 11) is 0. The molecule has 1 aliphatic heterocycles. The van der Waals surface area contributed by atoms with Crippen molar-refractivity contribution in [2.45, 2.75) is 51.7 Å². The number of anilines is 2. The molecular weight excluding hydrogens is 280 g/mol. The molecule has 22 heavy (non-hydrogen) atoms. The smallest absolute Gasteiger partial charge is 0.408 e. The largest absolute Gasteiger partial charge is 0.444 e.